The maximum atomic E-state index is 12.8. The molecule has 2 aromatic carbocycles. The Hall–Kier alpha value is -2.38. The van der Waals surface area contributed by atoms with Crippen LogP contribution in [0.15, 0.2) is 54.6 Å². The predicted octanol–water partition coefficient (Wildman–Crippen LogP) is 3.29. The SMILES string of the molecule is CS(=O)(=O)NC1CCCN(C(=O)Nc2ccccc2-c2ccccc2)CC1. The molecule has 2 N–H and O–H groups in total. The molecule has 2 aromatic rings. The lowest BCUT2D eigenvalue weighted by molar-refractivity contribution is 0.213. The number of urea groups is 1. The molecule has 1 fully saturated rings. The smallest absolute Gasteiger partial charge is 0.321 e. The fourth-order valence-corrected chi connectivity index (χ4v) is 4.22. The standard InChI is InChI=1S/C20H25N3O3S/c1-27(25,26)22-17-10-7-14-23(15-13-17)20(24)21-19-12-6-5-11-18(19)16-8-3-2-4-9-16/h2-6,8-9,11-12,17,22H,7,10,13-15H2,1H3,(H,21,24). The largest absolute Gasteiger partial charge is 0.324 e. The van der Waals surface area contributed by atoms with Crippen LogP contribution in [0.25, 0.3) is 11.1 Å². The van der Waals surface area contributed by atoms with Crippen molar-refractivity contribution in [1.82, 2.24) is 9.62 Å². The molecule has 1 unspecified atom stereocenters. The Morgan fingerprint density at radius 1 is 1.00 bits per heavy atom. The normalized spacial score (nSPS) is 18.0. The van der Waals surface area contributed by atoms with E-state index < -0.39 is 10.0 Å². The summed E-state index contributed by atoms with van der Waals surface area (Å²) in [5, 5.41) is 3.02. The van der Waals surface area contributed by atoms with E-state index in [0.717, 1.165) is 29.7 Å². The lowest BCUT2D eigenvalue weighted by Gasteiger charge is -2.22. The highest BCUT2D eigenvalue weighted by Crippen LogP contribution is 2.28. The molecule has 1 heterocycles. The Balaban J connectivity index is 1.68. The second-order valence-corrected chi connectivity index (χ2v) is 8.63. The number of anilines is 1. The van der Waals surface area contributed by atoms with Crippen LogP contribution in [0.2, 0.25) is 0 Å². The predicted molar refractivity (Wildman–Crippen MR) is 108 cm³/mol. The molecule has 144 valence electrons. The minimum absolute atomic E-state index is 0.116. The third-order valence-corrected chi connectivity index (χ3v) is 5.41. The van der Waals surface area contributed by atoms with E-state index in [1.165, 1.54) is 6.26 Å². The van der Waals surface area contributed by atoms with Crippen molar-refractivity contribution in [3.63, 3.8) is 0 Å². The van der Waals surface area contributed by atoms with E-state index in [9.17, 15) is 13.2 Å². The second-order valence-electron chi connectivity index (χ2n) is 6.85. The number of carbonyl (C=O) groups is 1. The van der Waals surface area contributed by atoms with Crippen molar-refractivity contribution in [3.05, 3.63) is 54.6 Å². The van der Waals surface area contributed by atoms with E-state index in [-0.39, 0.29) is 12.1 Å². The number of nitrogens with one attached hydrogen (secondary N) is 2. The zero-order chi connectivity index (χ0) is 19.3. The van der Waals surface area contributed by atoms with Crippen LogP contribution in [0.1, 0.15) is 19.3 Å². The zero-order valence-electron chi connectivity index (χ0n) is 15.4. The fraction of sp³-hybridized carbons (Fsp3) is 0.350. The quantitative estimate of drug-likeness (QED) is 0.845. The summed E-state index contributed by atoms with van der Waals surface area (Å²) in [6, 6.07) is 17.4. The molecule has 27 heavy (non-hydrogen) atoms. The molecule has 2 amide bonds. The summed E-state index contributed by atoms with van der Waals surface area (Å²) < 4.78 is 25.5. The second kappa shape index (κ2) is 8.54. The van der Waals surface area contributed by atoms with Gasteiger partial charge in [0.2, 0.25) is 10.0 Å². The topological polar surface area (TPSA) is 78.5 Å². The van der Waals surface area contributed by atoms with Crippen LogP contribution in [0.3, 0.4) is 0 Å². The lowest BCUT2D eigenvalue weighted by atomic mass is 10.0. The molecule has 7 heteroatoms. The van der Waals surface area contributed by atoms with Crippen molar-refractivity contribution in [1.29, 1.82) is 0 Å². The summed E-state index contributed by atoms with van der Waals surface area (Å²) in [7, 11) is -3.23. The first-order valence-corrected chi connectivity index (χ1v) is 11.0. The van der Waals surface area contributed by atoms with Crippen molar-refractivity contribution in [2.24, 2.45) is 0 Å². The molecule has 0 spiro atoms. The van der Waals surface area contributed by atoms with Crippen LogP contribution in [0, 0.1) is 0 Å². The maximum Gasteiger partial charge on any atom is 0.321 e. The Morgan fingerprint density at radius 2 is 1.70 bits per heavy atom. The molecule has 3 rings (SSSR count). The summed E-state index contributed by atoms with van der Waals surface area (Å²) in [5.41, 5.74) is 2.78. The van der Waals surface area contributed by atoms with Gasteiger partial charge in [0, 0.05) is 24.7 Å². The highest BCUT2D eigenvalue weighted by molar-refractivity contribution is 7.88. The first-order valence-electron chi connectivity index (χ1n) is 9.10. The minimum Gasteiger partial charge on any atom is -0.324 e. The van der Waals surface area contributed by atoms with Gasteiger partial charge in [0.05, 0.1) is 11.9 Å². The van der Waals surface area contributed by atoms with E-state index in [2.05, 4.69) is 10.0 Å². The van der Waals surface area contributed by atoms with E-state index >= 15 is 0 Å². The van der Waals surface area contributed by atoms with Crippen molar-refractivity contribution in [2.75, 3.05) is 24.7 Å². The molecule has 6 nitrogen and oxygen atoms in total. The van der Waals surface area contributed by atoms with Crippen LogP contribution in [0.5, 0.6) is 0 Å². The van der Waals surface area contributed by atoms with Crippen molar-refractivity contribution >= 4 is 21.7 Å². The third-order valence-electron chi connectivity index (χ3n) is 4.65. The summed E-state index contributed by atoms with van der Waals surface area (Å²) >= 11 is 0. The highest BCUT2D eigenvalue weighted by atomic mass is 32.2. The van der Waals surface area contributed by atoms with Crippen LogP contribution < -0.4 is 10.0 Å². The molecule has 0 radical (unpaired) electrons. The molecular weight excluding hydrogens is 362 g/mol. The zero-order valence-corrected chi connectivity index (χ0v) is 16.2. The number of likely N-dealkylation sites (tertiary alicyclic amines) is 1. The van der Waals surface area contributed by atoms with Gasteiger partial charge in [-0.25, -0.2) is 17.9 Å². The number of hydrogen-bond donors (Lipinski definition) is 2. The van der Waals surface area contributed by atoms with Crippen molar-refractivity contribution in [2.45, 2.75) is 25.3 Å². The Labute approximate surface area is 160 Å². The fourth-order valence-electron chi connectivity index (χ4n) is 3.38. The number of benzene rings is 2. The maximum absolute atomic E-state index is 12.8. The van der Waals surface area contributed by atoms with Crippen molar-refractivity contribution in [3.8, 4) is 11.1 Å². The molecule has 0 aromatic heterocycles. The van der Waals surface area contributed by atoms with Gasteiger partial charge in [-0.05, 0) is 30.9 Å². The van der Waals surface area contributed by atoms with Gasteiger partial charge in [-0.3, -0.25) is 0 Å². The number of hydrogen-bond acceptors (Lipinski definition) is 3. The Bertz CT molecular complexity index is 884. The van der Waals surface area contributed by atoms with Crippen molar-refractivity contribution < 1.29 is 13.2 Å². The van der Waals surface area contributed by atoms with Crippen LogP contribution in [-0.4, -0.2) is 44.7 Å². The first-order chi connectivity index (χ1) is 12.9. The molecule has 1 saturated heterocycles. The van der Waals surface area contributed by atoms with E-state index in [1.807, 2.05) is 54.6 Å². The van der Waals surface area contributed by atoms with Gasteiger partial charge in [-0.15, -0.1) is 0 Å². The van der Waals surface area contributed by atoms with Gasteiger partial charge in [-0.1, -0.05) is 48.5 Å². The number of sulfonamides is 1. The summed E-state index contributed by atoms with van der Waals surface area (Å²) in [6.07, 6.45) is 3.28. The number of para-hydroxylation sites is 1. The first kappa shape index (κ1) is 19.4. The minimum atomic E-state index is -3.23. The number of rotatable bonds is 4. The molecular formula is C20H25N3O3S. The van der Waals surface area contributed by atoms with Crippen LogP contribution in [-0.2, 0) is 10.0 Å². The van der Waals surface area contributed by atoms with E-state index in [1.54, 1.807) is 4.90 Å². The average molecular weight is 388 g/mol. The van der Waals surface area contributed by atoms with Gasteiger partial charge in [0.25, 0.3) is 0 Å². The third kappa shape index (κ3) is 5.55. The van der Waals surface area contributed by atoms with E-state index in [4.69, 9.17) is 0 Å². The molecule has 1 atom stereocenters. The monoisotopic (exact) mass is 387 g/mol. The number of carbonyl (C=O) groups excluding carboxylic acids is 1. The molecule has 0 saturated carbocycles. The molecule has 1 aliphatic rings. The van der Waals surface area contributed by atoms with Gasteiger partial charge < -0.3 is 10.2 Å². The Morgan fingerprint density at radius 3 is 2.44 bits per heavy atom. The number of amides is 2. The average Bonchev–Trinajstić information content (AvgIpc) is 2.87. The van der Waals surface area contributed by atoms with Crippen LogP contribution in [0.4, 0.5) is 10.5 Å². The van der Waals surface area contributed by atoms with Crippen LogP contribution >= 0.6 is 0 Å². The summed E-state index contributed by atoms with van der Waals surface area (Å²) in [4.78, 5) is 14.5. The van der Waals surface area contributed by atoms with Gasteiger partial charge in [0.15, 0.2) is 0 Å². The Kier molecular flexibility index (Phi) is 6.13. The summed E-state index contributed by atoms with van der Waals surface area (Å²) in [5.74, 6) is 0. The highest BCUT2D eigenvalue weighted by Gasteiger charge is 2.23. The van der Waals surface area contributed by atoms with E-state index in [0.29, 0.717) is 19.5 Å². The van der Waals surface area contributed by atoms with Gasteiger partial charge in [-0.2, -0.15) is 0 Å². The number of nitrogens with zero attached hydrogens (tertiary/aromatic N) is 1. The van der Waals surface area contributed by atoms with Gasteiger partial charge >= 0.3 is 6.03 Å². The molecule has 0 aliphatic carbocycles. The molecule has 0 bridgehead atoms. The van der Waals surface area contributed by atoms with Gasteiger partial charge in [0.1, 0.15) is 0 Å². The summed E-state index contributed by atoms with van der Waals surface area (Å²) in [6.45, 7) is 1.13. The lowest BCUT2D eigenvalue weighted by Crippen LogP contribution is -2.38. The molecule has 1 aliphatic heterocycles.